The molecule has 0 radical (unpaired) electrons. The van der Waals surface area contributed by atoms with E-state index in [1.54, 1.807) is 35.6 Å². The van der Waals surface area contributed by atoms with Gasteiger partial charge in [0.2, 0.25) is 0 Å². The minimum atomic E-state index is -0.538. The summed E-state index contributed by atoms with van der Waals surface area (Å²) in [4.78, 5) is 25.7. The van der Waals surface area contributed by atoms with Gasteiger partial charge < -0.3 is 15.4 Å². The Morgan fingerprint density at radius 3 is 2.17 bits per heavy atom. The molecule has 2 rings (SSSR count). The lowest BCUT2D eigenvalue weighted by Gasteiger charge is -2.15. The van der Waals surface area contributed by atoms with E-state index in [0.29, 0.717) is 11.4 Å². The molecule has 0 saturated carbocycles. The van der Waals surface area contributed by atoms with Gasteiger partial charge in [0.1, 0.15) is 0 Å². The van der Waals surface area contributed by atoms with Crippen molar-refractivity contribution in [3.63, 3.8) is 0 Å². The number of anilines is 2. The summed E-state index contributed by atoms with van der Waals surface area (Å²) in [6.45, 7) is 6.06. The van der Waals surface area contributed by atoms with Gasteiger partial charge in [0.25, 0.3) is 0 Å². The molecular formula is C17H21N3O3S. The molecule has 6 nitrogen and oxygen atoms in total. The van der Waals surface area contributed by atoms with Crippen LogP contribution in [0.15, 0.2) is 30.3 Å². The third-order valence-corrected chi connectivity index (χ3v) is 4.45. The van der Waals surface area contributed by atoms with Crippen LogP contribution in [0, 0.1) is 13.8 Å². The van der Waals surface area contributed by atoms with Crippen molar-refractivity contribution in [1.29, 1.82) is 0 Å². The minimum Gasteiger partial charge on any atom is -0.453 e. The maximum atomic E-state index is 12.1. The molecule has 0 spiro atoms. The van der Waals surface area contributed by atoms with Gasteiger partial charge in [-0.05, 0) is 56.7 Å². The van der Waals surface area contributed by atoms with Crippen LogP contribution in [0.1, 0.15) is 28.3 Å². The summed E-state index contributed by atoms with van der Waals surface area (Å²) in [7, 11) is 1.30. The second-order valence-corrected chi connectivity index (χ2v) is 6.84. The van der Waals surface area contributed by atoms with Crippen LogP contribution in [0.5, 0.6) is 0 Å². The zero-order chi connectivity index (χ0) is 17.7. The number of rotatable bonds is 4. The van der Waals surface area contributed by atoms with Crippen molar-refractivity contribution >= 4 is 34.8 Å². The predicted molar refractivity (Wildman–Crippen MR) is 96.8 cm³/mol. The zero-order valence-corrected chi connectivity index (χ0v) is 14.9. The molecule has 0 aliphatic heterocycles. The van der Waals surface area contributed by atoms with Crippen LogP contribution >= 0.6 is 11.3 Å². The van der Waals surface area contributed by atoms with Crippen molar-refractivity contribution < 1.29 is 14.3 Å². The largest absolute Gasteiger partial charge is 0.453 e. The van der Waals surface area contributed by atoms with Gasteiger partial charge in [-0.1, -0.05) is 0 Å². The fourth-order valence-electron chi connectivity index (χ4n) is 2.33. The van der Waals surface area contributed by atoms with Crippen molar-refractivity contribution in [1.82, 2.24) is 5.32 Å². The molecule has 1 aromatic heterocycles. The summed E-state index contributed by atoms with van der Waals surface area (Å²) in [6.07, 6.45) is -0.538. The number of ether oxygens (including phenoxy) is 1. The van der Waals surface area contributed by atoms with Crippen LogP contribution in [0.3, 0.4) is 0 Å². The number of carbonyl (C=O) groups excluding carboxylic acids is 2. The number of hydrogen-bond acceptors (Lipinski definition) is 4. The average Bonchev–Trinajstić information content (AvgIpc) is 2.87. The molecule has 7 heteroatoms. The first kappa shape index (κ1) is 17.8. The Kier molecular flexibility index (Phi) is 5.81. The number of aryl methyl sites for hydroxylation is 2. The number of thiophene rings is 1. The standard InChI is InChI=1S/C17H21N3O3S/c1-10-9-15(12(3)24-10)11(2)18-16(21)19-13-5-7-14(8-6-13)20-17(22)23-4/h5-9,11H,1-4H3,(H,20,22)(H2,18,19,21)/t11-/m0/s1. The minimum absolute atomic E-state index is 0.0739. The van der Waals surface area contributed by atoms with Crippen molar-refractivity contribution in [3.8, 4) is 0 Å². The second-order valence-electron chi connectivity index (χ2n) is 5.38. The summed E-state index contributed by atoms with van der Waals surface area (Å²) >= 11 is 1.72. The van der Waals surface area contributed by atoms with Gasteiger partial charge in [-0.25, -0.2) is 9.59 Å². The molecule has 1 aromatic carbocycles. The molecule has 3 amide bonds. The SMILES string of the molecule is COC(=O)Nc1ccc(NC(=O)N[C@@H](C)c2cc(C)sc2C)cc1. The lowest BCUT2D eigenvalue weighted by Crippen LogP contribution is -2.31. The van der Waals surface area contributed by atoms with Gasteiger partial charge >= 0.3 is 12.1 Å². The molecule has 24 heavy (non-hydrogen) atoms. The molecule has 0 bridgehead atoms. The molecule has 128 valence electrons. The number of methoxy groups -OCH3 is 1. The van der Waals surface area contributed by atoms with Gasteiger partial charge in [0.15, 0.2) is 0 Å². The monoisotopic (exact) mass is 347 g/mol. The van der Waals surface area contributed by atoms with E-state index in [0.717, 1.165) is 5.56 Å². The molecule has 0 fully saturated rings. The molecule has 0 aliphatic carbocycles. The van der Waals surface area contributed by atoms with Crippen LogP contribution in [0.25, 0.3) is 0 Å². The van der Waals surface area contributed by atoms with Gasteiger partial charge in [-0.3, -0.25) is 5.32 Å². The maximum Gasteiger partial charge on any atom is 0.411 e. The summed E-state index contributed by atoms with van der Waals surface area (Å²) in [5.41, 5.74) is 2.35. The van der Waals surface area contributed by atoms with E-state index in [9.17, 15) is 9.59 Å². The normalized spacial score (nSPS) is 11.5. The molecule has 1 atom stereocenters. The summed E-state index contributed by atoms with van der Waals surface area (Å²) in [5.74, 6) is 0. The number of amides is 3. The fourth-order valence-corrected chi connectivity index (χ4v) is 3.35. The summed E-state index contributed by atoms with van der Waals surface area (Å²) < 4.78 is 4.52. The Morgan fingerprint density at radius 2 is 1.67 bits per heavy atom. The molecule has 3 N–H and O–H groups in total. The van der Waals surface area contributed by atoms with Crippen molar-refractivity contribution in [2.24, 2.45) is 0 Å². The molecule has 0 aliphatic rings. The van der Waals surface area contributed by atoms with Gasteiger partial charge in [-0.2, -0.15) is 0 Å². The highest BCUT2D eigenvalue weighted by Gasteiger charge is 2.14. The lowest BCUT2D eigenvalue weighted by atomic mass is 10.1. The Balaban J connectivity index is 1.92. The average molecular weight is 347 g/mol. The molecular weight excluding hydrogens is 326 g/mol. The van der Waals surface area contributed by atoms with E-state index in [-0.39, 0.29) is 12.1 Å². The highest BCUT2D eigenvalue weighted by atomic mass is 32.1. The summed E-state index contributed by atoms with van der Waals surface area (Å²) in [5, 5.41) is 8.24. The highest BCUT2D eigenvalue weighted by Crippen LogP contribution is 2.26. The summed E-state index contributed by atoms with van der Waals surface area (Å²) in [6, 6.07) is 8.52. The molecule has 1 heterocycles. The Hall–Kier alpha value is -2.54. The topological polar surface area (TPSA) is 79.5 Å². The Morgan fingerprint density at radius 1 is 1.08 bits per heavy atom. The smallest absolute Gasteiger partial charge is 0.411 e. The van der Waals surface area contributed by atoms with Crippen LogP contribution in [0.4, 0.5) is 21.0 Å². The predicted octanol–water partition coefficient (Wildman–Crippen LogP) is 4.43. The third-order valence-electron chi connectivity index (χ3n) is 3.47. The number of nitrogens with one attached hydrogen (secondary N) is 3. The van der Waals surface area contributed by atoms with Crippen molar-refractivity contribution in [2.45, 2.75) is 26.8 Å². The van der Waals surface area contributed by atoms with Crippen LogP contribution in [-0.2, 0) is 4.74 Å². The molecule has 2 aromatic rings. The van der Waals surface area contributed by atoms with Gasteiger partial charge in [-0.15, -0.1) is 11.3 Å². The first-order valence-electron chi connectivity index (χ1n) is 7.48. The van der Waals surface area contributed by atoms with Crippen LogP contribution in [0.2, 0.25) is 0 Å². The zero-order valence-electron chi connectivity index (χ0n) is 14.1. The van der Waals surface area contributed by atoms with Crippen molar-refractivity contribution in [2.75, 3.05) is 17.7 Å². The first-order valence-corrected chi connectivity index (χ1v) is 8.30. The molecule has 0 saturated heterocycles. The number of benzene rings is 1. The Bertz CT molecular complexity index is 725. The third kappa shape index (κ3) is 4.73. The van der Waals surface area contributed by atoms with E-state index in [1.807, 2.05) is 6.92 Å². The number of urea groups is 1. The lowest BCUT2D eigenvalue weighted by molar-refractivity contribution is 0.187. The Labute approximate surface area is 145 Å². The van der Waals surface area contributed by atoms with E-state index >= 15 is 0 Å². The van der Waals surface area contributed by atoms with Crippen LogP contribution < -0.4 is 16.0 Å². The van der Waals surface area contributed by atoms with E-state index in [1.165, 1.54) is 16.9 Å². The van der Waals surface area contributed by atoms with Crippen LogP contribution in [-0.4, -0.2) is 19.2 Å². The van der Waals surface area contributed by atoms with Gasteiger partial charge in [0, 0.05) is 21.1 Å². The number of carbonyl (C=O) groups is 2. The number of hydrogen-bond donors (Lipinski definition) is 3. The highest BCUT2D eigenvalue weighted by molar-refractivity contribution is 7.12. The van der Waals surface area contributed by atoms with Crippen molar-refractivity contribution in [3.05, 3.63) is 45.6 Å². The quantitative estimate of drug-likeness (QED) is 0.765. The first-order chi connectivity index (χ1) is 11.4. The molecule has 0 unspecified atom stereocenters. The second kappa shape index (κ2) is 7.83. The maximum absolute atomic E-state index is 12.1. The van der Waals surface area contributed by atoms with E-state index in [2.05, 4.69) is 40.6 Å². The van der Waals surface area contributed by atoms with E-state index in [4.69, 9.17) is 0 Å². The fraction of sp³-hybridized carbons (Fsp3) is 0.294. The van der Waals surface area contributed by atoms with E-state index < -0.39 is 6.09 Å². The van der Waals surface area contributed by atoms with Gasteiger partial charge in [0.05, 0.1) is 13.2 Å².